The van der Waals surface area contributed by atoms with E-state index in [0.717, 1.165) is 25.1 Å². The van der Waals surface area contributed by atoms with Gasteiger partial charge in [-0.25, -0.2) is 4.99 Å². The van der Waals surface area contributed by atoms with Gasteiger partial charge in [0.25, 0.3) is 0 Å². The summed E-state index contributed by atoms with van der Waals surface area (Å²) in [6.45, 7) is 0. The Balaban J connectivity index is 0.934. The Morgan fingerprint density at radius 3 is 2.26 bits per heavy atom. The number of hydrazine groups is 1. The van der Waals surface area contributed by atoms with E-state index in [1.807, 2.05) is 22.7 Å². The number of aromatic nitrogens is 1. The number of benzene rings is 6. The van der Waals surface area contributed by atoms with Crippen molar-refractivity contribution < 1.29 is 0 Å². The number of thiophene rings is 2. The van der Waals surface area contributed by atoms with Crippen molar-refractivity contribution in [2.24, 2.45) is 10.9 Å². The molecule has 0 radical (unpaired) electrons. The summed E-state index contributed by atoms with van der Waals surface area (Å²) in [5.74, 6) is 1.44. The molecule has 1 fully saturated rings. The van der Waals surface area contributed by atoms with Gasteiger partial charge in [0.15, 0.2) is 0 Å². The number of hydrogen-bond donors (Lipinski definition) is 0. The summed E-state index contributed by atoms with van der Waals surface area (Å²) in [5.41, 5.74) is 10.4. The van der Waals surface area contributed by atoms with Gasteiger partial charge in [0.05, 0.1) is 15.9 Å². The highest BCUT2D eigenvalue weighted by Gasteiger charge is 2.59. The molecular formula is C51H36N4S2. The van der Waals surface area contributed by atoms with Crippen molar-refractivity contribution in [2.45, 2.75) is 31.6 Å². The lowest BCUT2D eigenvalue weighted by atomic mass is 9.93. The smallest absolute Gasteiger partial charge is 0.149 e. The van der Waals surface area contributed by atoms with Crippen molar-refractivity contribution in [3.63, 3.8) is 0 Å². The van der Waals surface area contributed by atoms with Crippen LogP contribution in [0.1, 0.15) is 41.4 Å². The molecule has 3 aromatic heterocycles. The number of fused-ring (bicyclic) bond motifs is 10. The Morgan fingerprint density at radius 1 is 0.667 bits per heavy atom. The molecular weight excluding hydrogens is 733 g/mol. The highest BCUT2D eigenvalue weighted by Crippen LogP contribution is 2.50. The zero-order chi connectivity index (χ0) is 37.2. The van der Waals surface area contributed by atoms with E-state index in [9.17, 15) is 0 Å². The van der Waals surface area contributed by atoms with Crippen molar-refractivity contribution in [3.8, 4) is 16.8 Å². The molecule has 4 aliphatic rings. The van der Waals surface area contributed by atoms with Crippen LogP contribution in [0.25, 0.3) is 76.2 Å². The number of aliphatic imine (C=N–C) groups is 1. The molecule has 4 nitrogen and oxygen atoms in total. The summed E-state index contributed by atoms with van der Waals surface area (Å²) in [5, 5.41) is 11.8. The molecule has 0 bridgehead atoms. The van der Waals surface area contributed by atoms with Crippen LogP contribution in [0.2, 0.25) is 0 Å². The van der Waals surface area contributed by atoms with Crippen LogP contribution in [0.5, 0.6) is 0 Å². The molecule has 4 atom stereocenters. The normalized spacial score (nSPS) is 20.7. The largest absolute Gasteiger partial charge is 0.312 e. The van der Waals surface area contributed by atoms with Gasteiger partial charge in [0, 0.05) is 58.2 Å². The van der Waals surface area contributed by atoms with Crippen LogP contribution in [0.15, 0.2) is 151 Å². The topological polar surface area (TPSA) is 23.3 Å². The molecule has 4 unspecified atom stereocenters. The summed E-state index contributed by atoms with van der Waals surface area (Å²) < 4.78 is 7.99. The molecule has 2 aliphatic heterocycles. The predicted molar refractivity (Wildman–Crippen MR) is 240 cm³/mol. The van der Waals surface area contributed by atoms with Crippen molar-refractivity contribution in [1.29, 1.82) is 0 Å². The molecule has 9 aromatic rings. The first-order valence-corrected chi connectivity index (χ1v) is 21.7. The second kappa shape index (κ2) is 12.2. The molecule has 0 N–H and O–H groups in total. The summed E-state index contributed by atoms with van der Waals surface area (Å²) in [4.78, 5) is 5.27. The molecule has 13 rings (SSSR count). The zero-order valence-corrected chi connectivity index (χ0v) is 32.7. The lowest BCUT2D eigenvalue weighted by molar-refractivity contribution is 0.333. The second-order valence-electron chi connectivity index (χ2n) is 15.7. The van der Waals surface area contributed by atoms with Crippen LogP contribution in [-0.4, -0.2) is 26.6 Å². The van der Waals surface area contributed by atoms with E-state index in [4.69, 9.17) is 4.99 Å². The average Bonchev–Trinajstić information content (AvgIpc) is 3.60. The van der Waals surface area contributed by atoms with Gasteiger partial charge in [-0.2, -0.15) is 5.01 Å². The maximum absolute atomic E-state index is 5.27. The van der Waals surface area contributed by atoms with Gasteiger partial charge < -0.3 is 4.57 Å². The highest BCUT2D eigenvalue weighted by atomic mass is 32.1. The predicted octanol–water partition coefficient (Wildman–Crippen LogP) is 11.4. The third-order valence-corrected chi connectivity index (χ3v) is 14.9. The number of rotatable bonds is 5. The molecule has 0 saturated carbocycles. The van der Waals surface area contributed by atoms with E-state index in [-0.39, 0.29) is 12.3 Å². The quantitative estimate of drug-likeness (QED) is 0.163. The molecule has 272 valence electrons. The van der Waals surface area contributed by atoms with Gasteiger partial charge in [-0.15, -0.1) is 22.7 Å². The van der Waals surface area contributed by atoms with E-state index in [2.05, 4.69) is 178 Å². The number of allylic oxidation sites excluding steroid dienone is 1. The summed E-state index contributed by atoms with van der Waals surface area (Å²) in [6.07, 6.45) is 13.2. The number of amidine groups is 1. The standard InChI is InChI=1S/C51H36N4S2/c1-3-14-31(15-4-1)49-52-50(32-16-5-2-6-17-32)55-51(54(49)55)33-28-29-38-45(30-33)56-43-26-12-20-36(46(38)43)37-21-13-27-44-47(37)39-22-11-25-42(48(39)57-44)53-40-23-9-7-18-34(40)35-19-8-10-24-41(35)53/h1-9,11-23,25-27,29-30,33,49,51H,10,24,28H2. The minimum absolute atomic E-state index is 0.00450. The van der Waals surface area contributed by atoms with Crippen molar-refractivity contribution >= 4 is 87.9 Å². The minimum Gasteiger partial charge on any atom is -0.312 e. The van der Waals surface area contributed by atoms with E-state index >= 15 is 0 Å². The number of nitrogens with zero attached hydrogens (tertiary/aromatic N) is 4. The van der Waals surface area contributed by atoms with Gasteiger partial charge >= 0.3 is 0 Å². The van der Waals surface area contributed by atoms with E-state index < -0.39 is 0 Å². The molecule has 6 heteroatoms. The van der Waals surface area contributed by atoms with Gasteiger partial charge in [0.2, 0.25) is 0 Å². The van der Waals surface area contributed by atoms with Gasteiger partial charge in [-0.1, -0.05) is 140 Å². The van der Waals surface area contributed by atoms with Gasteiger partial charge in [-0.3, -0.25) is 5.01 Å². The average molecular weight is 769 g/mol. The third kappa shape index (κ3) is 4.66. The first-order valence-electron chi connectivity index (χ1n) is 20.0. The maximum Gasteiger partial charge on any atom is 0.149 e. The SMILES string of the molecule is C1=Cc2c(n(-c3cccc4c3sc3cccc(-c5cccc6sc7c(c56)=CCC(C5N6C(c8ccccc8)=NC(c8ccccc8)N56)C=7)c34)c3ccccc23)CC1. The van der Waals surface area contributed by atoms with Crippen molar-refractivity contribution in [2.75, 3.05) is 0 Å². The van der Waals surface area contributed by atoms with Crippen LogP contribution in [0, 0.1) is 5.92 Å². The third-order valence-electron chi connectivity index (χ3n) is 12.6. The molecule has 1 saturated heterocycles. The first-order chi connectivity index (χ1) is 28.3. The van der Waals surface area contributed by atoms with Crippen LogP contribution in [0.3, 0.4) is 0 Å². The fraction of sp³-hybridized carbons (Fsp3) is 0.118. The monoisotopic (exact) mass is 768 g/mol. The van der Waals surface area contributed by atoms with Crippen LogP contribution >= 0.6 is 22.7 Å². The lowest BCUT2D eigenvalue weighted by Gasteiger charge is -2.16. The summed E-state index contributed by atoms with van der Waals surface area (Å²) in [7, 11) is 0. The second-order valence-corrected chi connectivity index (χ2v) is 17.8. The first kappa shape index (κ1) is 32.1. The fourth-order valence-corrected chi connectivity index (χ4v) is 12.6. The maximum atomic E-state index is 5.27. The summed E-state index contributed by atoms with van der Waals surface area (Å²) in [6, 6.07) is 51.2. The van der Waals surface area contributed by atoms with Gasteiger partial charge in [0.1, 0.15) is 18.2 Å². The van der Waals surface area contributed by atoms with E-state index in [0.29, 0.717) is 5.92 Å². The molecule has 0 amide bonds. The minimum atomic E-state index is -0.00450. The van der Waals surface area contributed by atoms with Crippen LogP contribution < -0.4 is 9.75 Å². The van der Waals surface area contributed by atoms with Crippen molar-refractivity contribution in [3.05, 3.63) is 178 Å². The molecule has 0 spiro atoms. The highest BCUT2D eigenvalue weighted by molar-refractivity contribution is 7.26. The summed E-state index contributed by atoms with van der Waals surface area (Å²) >= 11 is 3.88. The Kier molecular flexibility index (Phi) is 6.88. The van der Waals surface area contributed by atoms with E-state index in [1.165, 1.54) is 90.1 Å². The Labute approximate surface area is 337 Å². The molecule has 6 aromatic carbocycles. The van der Waals surface area contributed by atoms with Crippen LogP contribution in [0.4, 0.5) is 0 Å². The van der Waals surface area contributed by atoms with E-state index in [1.54, 1.807) is 0 Å². The fourth-order valence-electron chi connectivity index (χ4n) is 10.1. The molecule has 5 heterocycles. The zero-order valence-electron chi connectivity index (χ0n) is 31.0. The lowest BCUT2D eigenvalue weighted by Crippen LogP contribution is -2.29. The number of hydrogen-bond acceptors (Lipinski definition) is 5. The Bertz CT molecular complexity index is 3310. The Hall–Kier alpha value is -6.05. The Morgan fingerprint density at radius 2 is 1.40 bits per heavy atom. The van der Waals surface area contributed by atoms with Crippen molar-refractivity contribution in [1.82, 2.24) is 14.6 Å². The molecule has 57 heavy (non-hydrogen) atoms. The molecule has 2 aliphatic carbocycles. The number of para-hydroxylation sites is 1. The van der Waals surface area contributed by atoms with Crippen LogP contribution in [-0.2, 0) is 6.42 Å². The van der Waals surface area contributed by atoms with Gasteiger partial charge in [-0.05, 0) is 65.4 Å².